The van der Waals surface area contributed by atoms with Crippen molar-refractivity contribution in [2.24, 2.45) is 0 Å². The van der Waals surface area contributed by atoms with Crippen LogP contribution in [0, 0.1) is 0 Å². The van der Waals surface area contributed by atoms with Gasteiger partial charge in [0.1, 0.15) is 11.8 Å². The van der Waals surface area contributed by atoms with Gasteiger partial charge in [-0.25, -0.2) is 0 Å². The van der Waals surface area contributed by atoms with Crippen LogP contribution in [0.3, 0.4) is 0 Å². The predicted molar refractivity (Wildman–Crippen MR) is 135 cm³/mol. The first-order chi connectivity index (χ1) is 17.2. The number of nitrogens with one attached hydrogen (secondary N) is 1. The number of carbonyl (C=O) groups is 2. The second kappa shape index (κ2) is 8.76. The van der Waals surface area contributed by atoms with Gasteiger partial charge in [-0.15, -0.1) is 0 Å². The summed E-state index contributed by atoms with van der Waals surface area (Å²) < 4.78 is 5.86. The smallest absolute Gasteiger partial charge is 0.259 e. The Morgan fingerprint density at radius 1 is 0.829 bits per heavy atom. The normalized spacial score (nSPS) is 19.4. The molecule has 172 valence electrons. The molecule has 1 aromatic heterocycles. The van der Waals surface area contributed by atoms with Gasteiger partial charge in [-0.1, -0.05) is 60.7 Å². The molecule has 0 fully saturated rings. The van der Waals surface area contributed by atoms with Gasteiger partial charge in [0.2, 0.25) is 0 Å². The van der Waals surface area contributed by atoms with Crippen molar-refractivity contribution < 1.29 is 14.0 Å². The van der Waals surface area contributed by atoms with E-state index in [1.807, 2.05) is 66.7 Å². The highest BCUT2D eigenvalue weighted by Gasteiger charge is 2.43. The summed E-state index contributed by atoms with van der Waals surface area (Å²) in [5.41, 5.74) is 4.62. The third kappa shape index (κ3) is 3.75. The van der Waals surface area contributed by atoms with Crippen molar-refractivity contribution in [3.05, 3.63) is 131 Å². The van der Waals surface area contributed by atoms with E-state index < -0.39 is 6.04 Å². The number of nitrogens with zero attached hydrogens (tertiary/aromatic N) is 1. The van der Waals surface area contributed by atoms with Gasteiger partial charge in [0.25, 0.3) is 5.91 Å². The summed E-state index contributed by atoms with van der Waals surface area (Å²) >= 11 is 0. The molecule has 35 heavy (non-hydrogen) atoms. The Labute approximate surface area is 203 Å². The lowest BCUT2D eigenvalue weighted by molar-refractivity contribution is -0.116. The van der Waals surface area contributed by atoms with Crippen molar-refractivity contribution in [3.63, 3.8) is 0 Å². The third-order valence-electron chi connectivity index (χ3n) is 6.81. The molecule has 0 saturated heterocycles. The Morgan fingerprint density at radius 3 is 2.29 bits per heavy atom. The molecule has 2 unspecified atom stereocenters. The van der Waals surface area contributed by atoms with E-state index in [1.54, 1.807) is 29.4 Å². The third-order valence-corrected chi connectivity index (χ3v) is 6.81. The quantitative estimate of drug-likeness (QED) is 0.379. The summed E-state index contributed by atoms with van der Waals surface area (Å²) in [5.74, 6) is 0.461. The fourth-order valence-electron chi connectivity index (χ4n) is 5.21. The maximum absolute atomic E-state index is 14.0. The van der Waals surface area contributed by atoms with Crippen LogP contribution in [0.1, 0.15) is 46.5 Å². The number of ketones is 1. The number of anilines is 2. The number of allylic oxidation sites excluding steroid dienone is 1. The molecule has 0 radical (unpaired) electrons. The van der Waals surface area contributed by atoms with Crippen LogP contribution in [0.15, 0.2) is 119 Å². The molecule has 1 aliphatic heterocycles. The molecule has 3 aromatic carbocycles. The standard InChI is InChI=1S/C30H24N2O3/c33-26-19-22(20-10-3-1-4-11-20)18-24-28(26)29(27-16-9-17-35-27)32(25-15-8-7-14-23(25)31-24)30(34)21-12-5-2-6-13-21/h1-17,22,29,31H,18-19H2. The summed E-state index contributed by atoms with van der Waals surface area (Å²) in [5, 5.41) is 3.54. The van der Waals surface area contributed by atoms with Crippen LogP contribution in [0.2, 0.25) is 0 Å². The number of hydrogen-bond donors (Lipinski definition) is 1. The molecule has 6 rings (SSSR count). The van der Waals surface area contributed by atoms with E-state index in [9.17, 15) is 9.59 Å². The van der Waals surface area contributed by atoms with Crippen molar-refractivity contribution in [1.82, 2.24) is 0 Å². The highest BCUT2D eigenvalue weighted by atomic mass is 16.3. The average Bonchev–Trinajstić information content (AvgIpc) is 3.39. The van der Waals surface area contributed by atoms with Crippen LogP contribution in [-0.2, 0) is 4.79 Å². The molecule has 1 amide bonds. The molecule has 5 heteroatoms. The van der Waals surface area contributed by atoms with Crippen LogP contribution >= 0.6 is 0 Å². The number of benzene rings is 3. The van der Waals surface area contributed by atoms with Crippen molar-refractivity contribution in [2.75, 3.05) is 10.2 Å². The summed E-state index contributed by atoms with van der Waals surface area (Å²) in [7, 11) is 0. The Hall–Kier alpha value is -4.38. The van der Waals surface area contributed by atoms with E-state index in [2.05, 4.69) is 17.4 Å². The molecule has 1 aliphatic carbocycles. The molecule has 1 N–H and O–H groups in total. The van der Waals surface area contributed by atoms with Gasteiger partial charge < -0.3 is 9.73 Å². The summed E-state index contributed by atoms with van der Waals surface area (Å²) in [6.45, 7) is 0. The van der Waals surface area contributed by atoms with Crippen LogP contribution < -0.4 is 10.2 Å². The second-order valence-corrected chi connectivity index (χ2v) is 8.93. The first-order valence-electron chi connectivity index (χ1n) is 11.8. The first-order valence-corrected chi connectivity index (χ1v) is 11.8. The lowest BCUT2D eigenvalue weighted by Crippen LogP contribution is -2.38. The Kier molecular flexibility index (Phi) is 5.30. The van der Waals surface area contributed by atoms with Crippen molar-refractivity contribution >= 4 is 23.1 Å². The van der Waals surface area contributed by atoms with Crippen molar-refractivity contribution in [1.29, 1.82) is 0 Å². The van der Waals surface area contributed by atoms with Crippen LogP contribution in [0.4, 0.5) is 11.4 Å². The largest absolute Gasteiger partial charge is 0.467 e. The van der Waals surface area contributed by atoms with E-state index in [0.29, 0.717) is 35.4 Å². The van der Waals surface area contributed by atoms with Gasteiger partial charge in [-0.2, -0.15) is 0 Å². The van der Waals surface area contributed by atoms with Gasteiger partial charge in [0.15, 0.2) is 5.78 Å². The van der Waals surface area contributed by atoms with E-state index in [-0.39, 0.29) is 17.6 Å². The highest BCUT2D eigenvalue weighted by Crippen LogP contribution is 2.47. The Morgan fingerprint density at radius 2 is 1.54 bits per heavy atom. The molecule has 4 aromatic rings. The molecule has 2 aliphatic rings. The minimum absolute atomic E-state index is 0.0210. The fourth-order valence-corrected chi connectivity index (χ4v) is 5.21. The molecular weight excluding hydrogens is 436 g/mol. The number of Topliss-reactive ketones (excluding diaryl/α,β-unsaturated/α-hetero) is 1. The van der Waals surface area contributed by atoms with Crippen molar-refractivity contribution in [3.8, 4) is 0 Å². The van der Waals surface area contributed by atoms with E-state index in [1.165, 1.54) is 0 Å². The van der Waals surface area contributed by atoms with Crippen LogP contribution in [0.25, 0.3) is 0 Å². The van der Waals surface area contributed by atoms with E-state index in [0.717, 1.165) is 16.9 Å². The number of hydrogen-bond acceptors (Lipinski definition) is 4. The van der Waals surface area contributed by atoms with Crippen LogP contribution in [-0.4, -0.2) is 11.7 Å². The molecule has 0 bridgehead atoms. The minimum atomic E-state index is -0.673. The van der Waals surface area contributed by atoms with Gasteiger partial charge in [-0.05, 0) is 54.3 Å². The summed E-state index contributed by atoms with van der Waals surface area (Å²) in [4.78, 5) is 29.6. The number of fused-ring (bicyclic) bond motifs is 1. The lowest BCUT2D eigenvalue weighted by atomic mass is 9.79. The van der Waals surface area contributed by atoms with E-state index in [4.69, 9.17) is 4.42 Å². The SMILES string of the molecule is O=C1CC(c2ccccc2)CC2=C1C(c1ccco1)N(C(=O)c1ccccc1)c1ccccc1N2. The van der Waals surface area contributed by atoms with Gasteiger partial charge in [0, 0.05) is 23.3 Å². The fraction of sp³-hybridized carbons (Fsp3) is 0.133. The first kappa shape index (κ1) is 21.2. The predicted octanol–water partition coefficient (Wildman–Crippen LogP) is 6.49. The second-order valence-electron chi connectivity index (χ2n) is 8.93. The number of rotatable bonds is 3. The zero-order valence-electron chi connectivity index (χ0n) is 19.1. The molecule has 0 saturated carbocycles. The van der Waals surface area contributed by atoms with Gasteiger partial charge in [-0.3, -0.25) is 14.5 Å². The zero-order chi connectivity index (χ0) is 23.8. The lowest BCUT2D eigenvalue weighted by Gasteiger charge is -2.33. The van der Waals surface area contributed by atoms with E-state index >= 15 is 0 Å². The molecule has 2 heterocycles. The monoisotopic (exact) mass is 460 g/mol. The summed E-state index contributed by atoms with van der Waals surface area (Å²) in [6.07, 6.45) is 2.64. The molecular formula is C30H24N2O3. The average molecular weight is 461 g/mol. The maximum Gasteiger partial charge on any atom is 0.259 e. The zero-order valence-corrected chi connectivity index (χ0v) is 19.1. The van der Waals surface area contributed by atoms with Gasteiger partial charge in [0.05, 0.1) is 17.6 Å². The topological polar surface area (TPSA) is 62.6 Å². The Balaban J connectivity index is 1.55. The minimum Gasteiger partial charge on any atom is -0.467 e. The number of carbonyl (C=O) groups excluding carboxylic acids is 2. The summed E-state index contributed by atoms with van der Waals surface area (Å²) in [6, 6.07) is 30.0. The number of para-hydroxylation sites is 2. The van der Waals surface area contributed by atoms with Crippen LogP contribution in [0.5, 0.6) is 0 Å². The molecule has 0 spiro atoms. The molecule has 2 atom stereocenters. The number of amides is 1. The molecule has 5 nitrogen and oxygen atoms in total. The van der Waals surface area contributed by atoms with Gasteiger partial charge >= 0.3 is 0 Å². The highest BCUT2D eigenvalue weighted by molar-refractivity contribution is 6.11. The van der Waals surface area contributed by atoms with Crippen molar-refractivity contribution in [2.45, 2.75) is 24.8 Å². The number of furan rings is 1. The Bertz CT molecular complexity index is 1410. The maximum atomic E-state index is 14.0.